The van der Waals surface area contributed by atoms with Gasteiger partial charge >= 0.3 is 5.97 Å². The van der Waals surface area contributed by atoms with Crippen LogP contribution in [0.15, 0.2) is 113 Å². The summed E-state index contributed by atoms with van der Waals surface area (Å²) in [5.74, 6) is 6.27. The lowest BCUT2D eigenvalue weighted by Gasteiger charge is -2.10. The van der Waals surface area contributed by atoms with Crippen LogP contribution in [0.3, 0.4) is 0 Å². The summed E-state index contributed by atoms with van der Waals surface area (Å²) in [6.45, 7) is 7.54. The molecule has 0 amide bonds. The van der Waals surface area contributed by atoms with Crippen LogP contribution in [0.25, 0.3) is 21.9 Å². The van der Waals surface area contributed by atoms with Crippen LogP contribution in [0, 0.1) is 17.7 Å². The standard InChI is InChI=1S/C46H43FN2O7/c1-32(2)46(50)56-25-22-53-21-24-55-44-17-13-37-26-33(9-16-43(37)45(44)47)8-11-35-12-14-40(54-23-20-52-19-18-51-3)29-39(35)31-49-48-30-34-10-15-42-38(27-34)28-36-6-4-5-7-41(36)42/h4-7,9-10,12-17,26-27,29-31H,1,18-25,28H2,2-3H3/b48-30+,49-31+. The number of halogens is 1. The Kier molecular flexibility index (Phi) is 14.1. The van der Waals surface area contributed by atoms with E-state index >= 15 is 4.39 Å². The summed E-state index contributed by atoms with van der Waals surface area (Å²) in [5, 5.41) is 9.81. The van der Waals surface area contributed by atoms with Crippen molar-refractivity contribution in [1.82, 2.24) is 0 Å². The molecule has 0 spiro atoms. The first kappa shape index (κ1) is 39.6. The van der Waals surface area contributed by atoms with Crippen LogP contribution >= 0.6 is 0 Å². The van der Waals surface area contributed by atoms with Crippen LogP contribution in [0.2, 0.25) is 0 Å². The molecule has 0 fully saturated rings. The number of carbonyl (C=O) groups is 1. The Morgan fingerprint density at radius 1 is 0.768 bits per heavy atom. The second kappa shape index (κ2) is 20.0. The second-order valence-corrected chi connectivity index (χ2v) is 12.9. The number of rotatable bonds is 18. The van der Waals surface area contributed by atoms with E-state index in [0.29, 0.717) is 59.6 Å². The highest BCUT2D eigenvalue weighted by Gasteiger charge is 2.17. The third-order valence-electron chi connectivity index (χ3n) is 8.79. The topological polar surface area (TPSA) is 97.2 Å². The zero-order valence-electron chi connectivity index (χ0n) is 31.5. The third-order valence-corrected chi connectivity index (χ3v) is 8.79. The minimum absolute atomic E-state index is 0.100. The maximum absolute atomic E-state index is 15.4. The molecule has 0 radical (unpaired) electrons. The zero-order valence-corrected chi connectivity index (χ0v) is 31.5. The highest BCUT2D eigenvalue weighted by atomic mass is 19.1. The number of esters is 1. The van der Waals surface area contributed by atoms with Gasteiger partial charge in [0.2, 0.25) is 0 Å². The normalized spacial score (nSPS) is 11.7. The molecule has 10 heteroatoms. The molecule has 0 heterocycles. The summed E-state index contributed by atoms with van der Waals surface area (Å²) in [4.78, 5) is 11.4. The number of ether oxygens (including phenoxy) is 6. The SMILES string of the molecule is C=C(C)C(=O)OCCOCCOc1ccc2cc(C#Cc3ccc(OCCOCCOC)cc3/C=N/N=C/c3ccc4c(c3)Cc3ccccc3-4)ccc2c1F. The lowest BCUT2D eigenvalue weighted by molar-refractivity contribution is -0.140. The van der Waals surface area contributed by atoms with Crippen molar-refractivity contribution in [2.24, 2.45) is 10.2 Å². The molecule has 0 aliphatic heterocycles. The third kappa shape index (κ3) is 10.8. The van der Waals surface area contributed by atoms with Gasteiger partial charge in [0, 0.05) is 34.8 Å². The van der Waals surface area contributed by atoms with E-state index in [4.69, 9.17) is 28.4 Å². The Morgan fingerprint density at radius 3 is 2.38 bits per heavy atom. The summed E-state index contributed by atoms with van der Waals surface area (Å²) in [7, 11) is 1.63. The maximum Gasteiger partial charge on any atom is 0.333 e. The van der Waals surface area contributed by atoms with Gasteiger partial charge < -0.3 is 28.4 Å². The molecule has 0 aromatic heterocycles. The monoisotopic (exact) mass is 754 g/mol. The molecule has 5 aromatic rings. The number of nitrogens with zero attached hydrogens (tertiary/aromatic N) is 2. The van der Waals surface area contributed by atoms with Crippen molar-refractivity contribution in [2.75, 3.05) is 60.0 Å². The summed E-state index contributed by atoms with van der Waals surface area (Å²) >= 11 is 0. The largest absolute Gasteiger partial charge is 0.491 e. The number of hydrogen-bond acceptors (Lipinski definition) is 9. The first-order valence-electron chi connectivity index (χ1n) is 18.3. The Balaban J connectivity index is 1.12. The van der Waals surface area contributed by atoms with Gasteiger partial charge in [-0.2, -0.15) is 10.2 Å². The van der Waals surface area contributed by atoms with Gasteiger partial charge in [-0.15, -0.1) is 0 Å². The van der Waals surface area contributed by atoms with E-state index < -0.39 is 11.8 Å². The van der Waals surface area contributed by atoms with Gasteiger partial charge in [0.15, 0.2) is 11.6 Å². The Morgan fingerprint density at radius 2 is 1.54 bits per heavy atom. The number of carbonyl (C=O) groups excluding carboxylic acids is 1. The highest BCUT2D eigenvalue weighted by molar-refractivity contribution is 5.89. The Hall–Kier alpha value is -6.12. The molecule has 1 aliphatic carbocycles. The quantitative estimate of drug-likeness (QED) is 0.0220. The highest BCUT2D eigenvalue weighted by Crippen LogP contribution is 2.36. The van der Waals surface area contributed by atoms with E-state index in [1.54, 1.807) is 50.7 Å². The van der Waals surface area contributed by atoms with Crippen molar-refractivity contribution in [3.8, 4) is 34.5 Å². The fraction of sp³-hybridized carbons (Fsp3) is 0.239. The van der Waals surface area contributed by atoms with E-state index in [0.717, 1.165) is 17.5 Å². The van der Waals surface area contributed by atoms with Gasteiger partial charge in [0.1, 0.15) is 25.6 Å². The van der Waals surface area contributed by atoms with Crippen LogP contribution in [0.5, 0.6) is 11.5 Å². The smallest absolute Gasteiger partial charge is 0.333 e. The molecule has 5 aromatic carbocycles. The van der Waals surface area contributed by atoms with Crippen LogP contribution in [-0.4, -0.2) is 78.4 Å². The fourth-order valence-electron chi connectivity index (χ4n) is 5.98. The summed E-state index contributed by atoms with van der Waals surface area (Å²) in [6, 6.07) is 29.1. The van der Waals surface area contributed by atoms with Gasteiger partial charge in [-0.25, -0.2) is 9.18 Å². The number of benzene rings is 5. The van der Waals surface area contributed by atoms with Crippen molar-refractivity contribution in [3.05, 3.63) is 142 Å². The molecule has 0 saturated carbocycles. The predicted octanol–water partition coefficient (Wildman–Crippen LogP) is 7.96. The minimum Gasteiger partial charge on any atom is -0.491 e. The van der Waals surface area contributed by atoms with Crippen molar-refractivity contribution < 1.29 is 37.6 Å². The van der Waals surface area contributed by atoms with Gasteiger partial charge in [-0.3, -0.25) is 0 Å². The molecule has 0 unspecified atom stereocenters. The zero-order chi connectivity index (χ0) is 39.1. The molecule has 0 atom stereocenters. The average molecular weight is 755 g/mol. The van der Waals surface area contributed by atoms with Gasteiger partial charge in [-0.1, -0.05) is 67.0 Å². The number of methoxy groups -OCH3 is 1. The number of hydrogen-bond donors (Lipinski definition) is 0. The Labute approximate surface area is 326 Å². The second-order valence-electron chi connectivity index (χ2n) is 12.9. The lowest BCUT2D eigenvalue weighted by Crippen LogP contribution is -2.14. The van der Waals surface area contributed by atoms with Crippen LogP contribution in [0.4, 0.5) is 4.39 Å². The molecule has 0 bridgehead atoms. The summed E-state index contributed by atoms with van der Waals surface area (Å²) < 4.78 is 47.8. The molecular weight excluding hydrogens is 712 g/mol. The van der Waals surface area contributed by atoms with Crippen LogP contribution in [0.1, 0.15) is 40.3 Å². The van der Waals surface area contributed by atoms with Crippen LogP contribution < -0.4 is 9.47 Å². The fourth-order valence-corrected chi connectivity index (χ4v) is 5.98. The molecular formula is C46H43FN2O7. The molecule has 9 nitrogen and oxygen atoms in total. The van der Waals surface area contributed by atoms with E-state index in [1.807, 2.05) is 24.3 Å². The first-order valence-corrected chi connectivity index (χ1v) is 18.3. The summed E-state index contributed by atoms with van der Waals surface area (Å²) in [6.07, 6.45) is 4.31. The van der Waals surface area contributed by atoms with Crippen molar-refractivity contribution in [3.63, 3.8) is 0 Å². The maximum atomic E-state index is 15.4. The van der Waals surface area contributed by atoms with Crippen molar-refractivity contribution >= 4 is 29.2 Å². The van der Waals surface area contributed by atoms with E-state index in [9.17, 15) is 4.79 Å². The van der Waals surface area contributed by atoms with Gasteiger partial charge in [0.25, 0.3) is 0 Å². The molecule has 6 rings (SSSR count). The van der Waals surface area contributed by atoms with Gasteiger partial charge in [-0.05, 0) is 89.0 Å². The van der Waals surface area contributed by atoms with Crippen molar-refractivity contribution in [1.29, 1.82) is 0 Å². The first-order chi connectivity index (χ1) is 27.4. The molecule has 56 heavy (non-hydrogen) atoms. The molecule has 0 N–H and O–H groups in total. The Bertz CT molecular complexity index is 2310. The lowest BCUT2D eigenvalue weighted by atomic mass is 10.0. The number of fused-ring (bicyclic) bond motifs is 4. The van der Waals surface area contributed by atoms with Crippen molar-refractivity contribution in [2.45, 2.75) is 13.3 Å². The molecule has 286 valence electrons. The van der Waals surface area contributed by atoms with Gasteiger partial charge in [0.05, 0.1) is 45.5 Å². The van der Waals surface area contributed by atoms with E-state index in [1.165, 1.54) is 22.3 Å². The average Bonchev–Trinajstić information content (AvgIpc) is 3.58. The van der Waals surface area contributed by atoms with E-state index in [-0.39, 0.29) is 32.2 Å². The van der Waals surface area contributed by atoms with Crippen LogP contribution in [-0.2, 0) is 30.2 Å². The molecule has 0 saturated heterocycles. The molecule has 1 aliphatic rings. The summed E-state index contributed by atoms with van der Waals surface area (Å²) in [5.41, 5.74) is 8.59. The van der Waals surface area contributed by atoms with E-state index in [2.05, 4.69) is 71.1 Å². The minimum atomic E-state index is -0.471. The predicted molar refractivity (Wildman–Crippen MR) is 216 cm³/mol.